The molecule has 0 saturated heterocycles. The third-order valence-corrected chi connectivity index (χ3v) is 9.70. The minimum absolute atomic E-state index is 0.00190. The van der Waals surface area contributed by atoms with Crippen LogP contribution in [0.15, 0.2) is 66.9 Å². The number of para-hydroxylation sites is 1. The lowest BCUT2D eigenvalue weighted by Crippen LogP contribution is -2.35. The van der Waals surface area contributed by atoms with Gasteiger partial charge >= 0.3 is 6.18 Å². The summed E-state index contributed by atoms with van der Waals surface area (Å²) in [5.74, 6) is 2.30. The summed E-state index contributed by atoms with van der Waals surface area (Å²) in [7, 11) is 1.78. The number of nitrogens with two attached hydrogens (primary N) is 1. The highest BCUT2D eigenvalue weighted by Gasteiger charge is 2.30. The maximum Gasteiger partial charge on any atom is 0.390 e. The number of H-pyrrole nitrogens is 1. The number of imidazole rings is 2. The molecule has 3 heterocycles. The lowest BCUT2D eigenvalue weighted by molar-refractivity contribution is -0.138. The third kappa shape index (κ3) is 5.94. The number of nitrogens with zero attached hydrogens (tertiary/aromatic N) is 5. The number of rotatable bonds is 8. The summed E-state index contributed by atoms with van der Waals surface area (Å²) in [6.45, 7) is 6.32. The summed E-state index contributed by atoms with van der Waals surface area (Å²) in [5, 5.41) is 2.20. The van der Waals surface area contributed by atoms with Crippen LogP contribution in [0.2, 0.25) is 0 Å². The molecule has 3 aromatic heterocycles. The molecule has 0 bridgehead atoms. The van der Waals surface area contributed by atoms with Crippen molar-refractivity contribution in [1.29, 1.82) is 0 Å². The number of benzene rings is 3. The molecule has 0 fully saturated rings. The Bertz CT molecular complexity index is 2170. The van der Waals surface area contributed by atoms with E-state index in [1.54, 1.807) is 7.05 Å². The van der Waals surface area contributed by atoms with E-state index in [2.05, 4.69) is 83.7 Å². The first kappa shape index (κ1) is 31.9. The number of allylic oxidation sites excluding steroid dienone is 1. The molecule has 0 amide bonds. The molecule has 10 heteroatoms. The molecule has 3 N–H and O–H groups in total. The van der Waals surface area contributed by atoms with E-state index in [9.17, 15) is 13.2 Å². The van der Waals surface area contributed by atoms with Crippen LogP contribution in [-0.2, 0) is 6.42 Å². The van der Waals surface area contributed by atoms with Gasteiger partial charge in [-0.25, -0.2) is 15.0 Å². The van der Waals surface area contributed by atoms with Crippen molar-refractivity contribution >= 4 is 38.7 Å². The number of nitrogens with one attached hydrogen (secondary N) is 1. The van der Waals surface area contributed by atoms with Crippen LogP contribution >= 0.6 is 0 Å². The number of aromatic amines is 1. The van der Waals surface area contributed by atoms with Crippen LogP contribution in [-0.4, -0.2) is 55.0 Å². The van der Waals surface area contributed by atoms with Gasteiger partial charge in [0.15, 0.2) is 0 Å². The zero-order valence-corrected chi connectivity index (χ0v) is 27.7. The Morgan fingerprint density at radius 3 is 2.54 bits per heavy atom. The summed E-state index contributed by atoms with van der Waals surface area (Å²) >= 11 is 0. The van der Waals surface area contributed by atoms with Crippen molar-refractivity contribution in [2.24, 2.45) is 0 Å². The van der Waals surface area contributed by atoms with E-state index in [0.29, 0.717) is 18.7 Å². The molecule has 0 radical (unpaired) electrons. The molecule has 0 saturated carbocycles. The van der Waals surface area contributed by atoms with Gasteiger partial charge in [-0.15, -0.1) is 0 Å². The molecule has 0 aliphatic heterocycles. The fourth-order valence-corrected chi connectivity index (χ4v) is 7.12. The number of halogens is 3. The van der Waals surface area contributed by atoms with Crippen LogP contribution in [0, 0.1) is 6.92 Å². The van der Waals surface area contributed by atoms with Gasteiger partial charge in [-0.3, -0.25) is 4.40 Å². The topological polar surface area (TPSA) is 88.1 Å². The number of aromatic nitrogens is 5. The number of hydrogen-bond donors (Lipinski definition) is 2. The van der Waals surface area contributed by atoms with Crippen LogP contribution in [0.3, 0.4) is 0 Å². The van der Waals surface area contributed by atoms with Crippen molar-refractivity contribution in [3.05, 3.63) is 95.3 Å². The van der Waals surface area contributed by atoms with E-state index >= 15 is 0 Å². The minimum atomic E-state index is -4.16. The van der Waals surface area contributed by atoms with E-state index in [0.717, 1.165) is 85.5 Å². The highest BCUT2D eigenvalue weighted by Crippen LogP contribution is 2.39. The molecule has 3 aromatic carbocycles. The Morgan fingerprint density at radius 1 is 1.04 bits per heavy atom. The summed E-state index contributed by atoms with van der Waals surface area (Å²) < 4.78 is 40.7. The molecule has 7 rings (SSSR count). The molecule has 48 heavy (non-hydrogen) atoms. The van der Waals surface area contributed by atoms with E-state index < -0.39 is 12.6 Å². The first-order valence-electron chi connectivity index (χ1n) is 16.6. The largest absolute Gasteiger partial charge is 0.390 e. The van der Waals surface area contributed by atoms with Gasteiger partial charge in [-0.05, 0) is 66.8 Å². The van der Waals surface area contributed by atoms with Gasteiger partial charge in [0.2, 0.25) is 0 Å². The van der Waals surface area contributed by atoms with Gasteiger partial charge in [0.05, 0.1) is 29.3 Å². The van der Waals surface area contributed by atoms with Crippen molar-refractivity contribution < 1.29 is 13.2 Å². The summed E-state index contributed by atoms with van der Waals surface area (Å²) in [6, 6.07) is 18.9. The SMILES string of the molecule is Cc1cccc2[nH]c(Cc3ccc(-c4nc(C(C)C)n5c(C6=CCC(N(C)CCC(F)(F)F)CC6)cnc(N)c45)c4ccccc34)nc12. The molecule has 6 aromatic rings. The number of anilines is 1. The van der Waals surface area contributed by atoms with Gasteiger partial charge in [-0.1, -0.05) is 68.5 Å². The molecular weight excluding hydrogens is 611 g/mol. The smallest absolute Gasteiger partial charge is 0.382 e. The Kier molecular flexibility index (Phi) is 8.23. The third-order valence-electron chi connectivity index (χ3n) is 9.70. The molecular formula is C38H40F3N7. The number of fused-ring (bicyclic) bond motifs is 3. The van der Waals surface area contributed by atoms with Crippen molar-refractivity contribution in [3.63, 3.8) is 0 Å². The lowest BCUT2D eigenvalue weighted by Gasteiger charge is -2.31. The molecule has 1 aliphatic carbocycles. The van der Waals surface area contributed by atoms with E-state index in [4.69, 9.17) is 15.7 Å². The highest BCUT2D eigenvalue weighted by molar-refractivity contribution is 6.02. The molecule has 0 spiro atoms. The Hall–Kier alpha value is -4.70. The summed E-state index contributed by atoms with van der Waals surface area (Å²) in [4.78, 5) is 20.1. The monoisotopic (exact) mass is 651 g/mol. The number of aryl methyl sites for hydroxylation is 1. The predicted molar refractivity (Wildman–Crippen MR) is 187 cm³/mol. The minimum Gasteiger partial charge on any atom is -0.382 e. The van der Waals surface area contributed by atoms with E-state index in [1.165, 1.54) is 0 Å². The lowest BCUT2D eigenvalue weighted by atomic mass is 9.92. The van der Waals surface area contributed by atoms with Gasteiger partial charge in [0, 0.05) is 30.5 Å². The van der Waals surface area contributed by atoms with Crippen LogP contribution in [0.5, 0.6) is 0 Å². The molecule has 1 aliphatic rings. The fourth-order valence-electron chi connectivity index (χ4n) is 7.12. The van der Waals surface area contributed by atoms with Gasteiger partial charge in [0.1, 0.15) is 28.7 Å². The van der Waals surface area contributed by atoms with E-state index in [-0.39, 0.29) is 18.5 Å². The number of hydrogen-bond acceptors (Lipinski definition) is 5. The average molecular weight is 652 g/mol. The zero-order valence-electron chi connectivity index (χ0n) is 27.7. The van der Waals surface area contributed by atoms with Crippen molar-refractivity contribution in [2.75, 3.05) is 19.3 Å². The maximum atomic E-state index is 12.9. The Labute approximate surface area is 277 Å². The van der Waals surface area contributed by atoms with Crippen LogP contribution < -0.4 is 5.73 Å². The normalized spacial score (nSPS) is 15.8. The first-order valence-corrected chi connectivity index (χ1v) is 16.6. The quantitative estimate of drug-likeness (QED) is 0.172. The van der Waals surface area contributed by atoms with E-state index in [1.807, 2.05) is 23.2 Å². The van der Waals surface area contributed by atoms with Crippen LogP contribution in [0.1, 0.15) is 73.9 Å². The second-order valence-electron chi connectivity index (χ2n) is 13.3. The number of nitrogen functional groups attached to an aromatic ring is 1. The second-order valence-corrected chi connectivity index (χ2v) is 13.3. The number of alkyl halides is 3. The van der Waals surface area contributed by atoms with Crippen molar-refractivity contribution in [2.45, 2.75) is 71.0 Å². The maximum absolute atomic E-state index is 12.9. The summed E-state index contributed by atoms with van der Waals surface area (Å²) in [6.07, 6.45) is 1.83. The van der Waals surface area contributed by atoms with Crippen molar-refractivity contribution in [1.82, 2.24) is 29.2 Å². The summed E-state index contributed by atoms with van der Waals surface area (Å²) in [5.41, 5.74) is 15.6. The van der Waals surface area contributed by atoms with Crippen molar-refractivity contribution in [3.8, 4) is 11.3 Å². The standard InChI is InChI=1S/C38H40F3N7/c1-22(2)37-46-34(35-36(42)43-21-31(48(35)37)24-12-15-26(16-13-24)47(4)19-18-38(39,40)41)29-17-14-25(27-9-5-6-10-28(27)29)20-32-44-30-11-7-8-23(3)33(30)45-32/h5-12,14,17,21-22,26H,13,15-16,18-20H2,1-4H3,(H2,42,43)(H,44,45). The molecule has 1 atom stereocenters. The highest BCUT2D eigenvalue weighted by atomic mass is 19.4. The zero-order chi connectivity index (χ0) is 33.7. The van der Waals surface area contributed by atoms with Crippen LogP contribution in [0.4, 0.5) is 19.0 Å². The van der Waals surface area contributed by atoms with Crippen LogP contribution in [0.25, 0.3) is 44.2 Å². The average Bonchev–Trinajstić information content (AvgIpc) is 3.67. The van der Waals surface area contributed by atoms with Gasteiger partial charge in [-0.2, -0.15) is 13.2 Å². The van der Waals surface area contributed by atoms with Gasteiger partial charge < -0.3 is 15.6 Å². The Morgan fingerprint density at radius 2 is 1.83 bits per heavy atom. The fraction of sp³-hybridized carbons (Fsp3) is 0.342. The molecule has 1 unspecified atom stereocenters. The Balaban J connectivity index is 1.28. The molecule has 7 nitrogen and oxygen atoms in total. The first-order chi connectivity index (χ1) is 23.0. The second kappa shape index (κ2) is 12.4. The molecule has 248 valence electrons. The van der Waals surface area contributed by atoms with Gasteiger partial charge in [0.25, 0.3) is 0 Å². The predicted octanol–water partition coefficient (Wildman–Crippen LogP) is 8.85.